The normalized spacial score (nSPS) is 15.0. The Balaban J connectivity index is 1.78. The highest BCUT2D eigenvalue weighted by Crippen LogP contribution is 2.26. The number of nitrogens with one attached hydrogen (secondary N) is 1. The molecule has 0 aliphatic heterocycles. The van der Waals surface area contributed by atoms with Gasteiger partial charge in [-0.3, -0.25) is 0 Å². The van der Waals surface area contributed by atoms with Gasteiger partial charge in [-0.25, -0.2) is 17.9 Å². The Morgan fingerprint density at radius 1 is 1.10 bits per heavy atom. The fourth-order valence-corrected chi connectivity index (χ4v) is 3.20. The van der Waals surface area contributed by atoms with Crippen molar-refractivity contribution < 1.29 is 12.8 Å². The van der Waals surface area contributed by atoms with Crippen LogP contribution in [0.25, 0.3) is 0 Å². The summed E-state index contributed by atoms with van der Waals surface area (Å²) in [6.07, 6.45) is 1.65. The van der Waals surface area contributed by atoms with Crippen molar-refractivity contribution in [2.24, 2.45) is 5.14 Å². The molecule has 3 N–H and O–H groups in total. The van der Waals surface area contributed by atoms with Crippen molar-refractivity contribution in [1.82, 2.24) is 0 Å². The van der Waals surface area contributed by atoms with Crippen LogP contribution in [0.1, 0.15) is 11.1 Å². The van der Waals surface area contributed by atoms with Crippen LogP contribution in [0.4, 0.5) is 10.1 Å². The maximum absolute atomic E-state index is 14.0. The van der Waals surface area contributed by atoms with Gasteiger partial charge >= 0.3 is 0 Å². The topological polar surface area (TPSA) is 72.2 Å². The van der Waals surface area contributed by atoms with Crippen LogP contribution in [0.15, 0.2) is 47.4 Å². The predicted molar refractivity (Wildman–Crippen MR) is 79.0 cm³/mol. The van der Waals surface area contributed by atoms with Crippen LogP contribution >= 0.6 is 0 Å². The van der Waals surface area contributed by atoms with Crippen molar-refractivity contribution in [3.05, 3.63) is 59.4 Å². The van der Waals surface area contributed by atoms with Gasteiger partial charge in [0.05, 0.1) is 10.6 Å². The van der Waals surface area contributed by atoms with Gasteiger partial charge < -0.3 is 5.32 Å². The number of nitrogens with two attached hydrogens (primary N) is 1. The van der Waals surface area contributed by atoms with Crippen molar-refractivity contribution in [2.75, 3.05) is 5.32 Å². The molecule has 1 aliphatic carbocycles. The summed E-state index contributed by atoms with van der Waals surface area (Å²) in [5.74, 6) is -0.613. The number of sulfonamides is 1. The van der Waals surface area contributed by atoms with Gasteiger partial charge in [-0.15, -0.1) is 0 Å². The molecule has 0 aromatic heterocycles. The molecule has 0 atom stereocenters. The molecule has 6 heteroatoms. The third-order valence-electron chi connectivity index (χ3n) is 3.68. The van der Waals surface area contributed by atoms with Gasteiger partial charge in [-0.2, -0.15) is 0 Å². The van der Waals surface area contributed by atoms with Crippen LogP contribution in [-0.2, 0) is 22.9 Å². The standard InChI is InChI=1S/C15H15FN2O2S/c16-14-9-13(21(17,19)20)5-6-15(14)18-12-7-10-3-1-2-4-11(10)8-12/h1-6,9,12,18H,7-8H2,(H2,17,19,20). The summed E-state index contributed by atoms with van der Waals surface area (Å²) in [5.41, 5.74) is 2.81. The fraction of sp³-hybridized carbons (Fsp3) is 0.200. The lowest BCUT2D eigenvalue weighted by Crippen LogP contribution is -2.20. The number of primary sulfonamides is 1. The number of hydrogen-bond acceptors (Lipinski definition) is 3. The van der Waals surface area contributed by atoms with Crippen LogP contribution in [0.5, 0.6) is 0 Å². The second kappa shape index (κ2) is 5.13. The molecule has 110 valence electrons. The molecule has 0 heterocycles. The molecule has 0 amide bonds. The first kappa shape index (κ1) is 14.0. The molecule has 0 fully saturated rings. The van der Waals surface area contributed by atoms with E-state index in [9.17, 15) is 12.8 Å². The SMILES string of the molecule is NS(=O)(=O)c1ccc(NC2Cc3ccccc3C2)c(F)c1. The highest BCUT2D eigenvalue weighted by molar-refractivity contribution is 7.89. The Morgan fingerprint density at radius 2 is 1.71 bits per heavy atom. The summed E-state index contributed by atoms with van der Waals surface area (Å²) < 4.78 is 36.3. The zero-order valence-corrected chi connectivity index (χ0v) is 12.0. The largest absolute Gasteiger partial charge is 0.379 e. The van der Waals surface area contributed by atoms with E-state index in [2.05, 4.69) is 17.4 Å². The van der Waals surface area contributed by atoms with E-state index in [1.165, 1.54) is 23.3 Å². The number of fused-ring (bicyclic) bond motifs is 1. The molecule has 3 rings (SSSR count). The average molecular weight is 306 g/mol. The lowest BCUT2D eigenvalue weighted by Gasteiger charge is -2.14. The van der Waals surface area contributed by atoms with E-state index in [-0.39, 0.29) is 10.9 Å². The van der Waals surface area contributed by atoms with Gasteiger partial charge in [-0.05, 0) is 42.2 Å². The summed E-state index contributed by atoms with van der Waals surface area (Å²) in [7, 11) is -3.88. The minimum atomic E-state index is -3.88. The van der Waals surface area contributed by atoms with Crippen LogP contribution in [0.3, 0.4) is 0 Å². The van der Waals surface area contributed by atoms with Gasteiger partial charge in [0.2, 0.25) is 10.0 Å². The molecule has 1 aliphatic rings. The first-order valence-electron chi connectivity index (χ1n) is 6.59. The van der Waals surface area contributed by atoms with E-state index < -0.39 is 15.8 Å². The van der Waals surface area contributed by atoms with Crippen molar-refractivity contribution in [3.8, 4) is 0 Å². The first-order valence-corrected chi connectivity index (χ1v) is 8.14. The zero-order chi connectivity index (χ0) is 15.0. The monoisotopic (exact) mass is 306 g/mol. The summed E-state index contributed by atoms with van der Waals surface area (Å²) in [6.45, 7) is 0. The molecule has 0 saturated carbocycles. The van der Waals surface area contributed by atoms with E-state index in [1.54, 1.807) is 0 Å². The van der Waals surface area contributed by atoms with Crippen LogP contribution in [-0.4, -0.2) is 14.5 Å². The molecule has 4 nitrogen and oxygen atoms in total. The fourth-order valence-electron chi connectivity index (χ4n) is 2.67. The van der Waals surface area contributed by atoms with Gasteiger partial charge in [0.15, 0.2) is 0 Å². The summed E-state index contributed by atoms with van der Waals surface area (Å²) in [5, 5.41) is 8.11. The number of hydrogen-bond donors (Lipinski definition) is 2. The molecule has 0 saturated heterocycles. The van der Waals surface area contributed by atoms with Crippen molar-refractivity contribution >= 4 is 15.7 Å². The second-order valence-corrected chi connectivity index (χ2v) is 6.77. The third kappa shape index (κ3) is 2.91. The predicted octanol–water partition coefficient (Wildman–Crippen LogP) is 2.05. The second-order valence-electron chi connectivity index (χ2n) is 5.20. The van der Waals surface area contributed by atoms with Gasteiger partial charge in [0.25, 0.3) is 0 Å². The van der Waals surface area contributed by atoms with E-state index >= 15 is 0 Å². The Bertz CT molecular complexity index is 765. The molecular weight excluding hydrogens is 291 g/mol. The Kier molecular flexibility index (Phi) is 3.43. The number of halogens is 1. The summed E-state index contributed by atoms with van der Waals surface area (Å²) >= 11 is 0. The molecule has 0 radical (unpaired) electrons. The summed E-state index contributed by atoms with van der Waals surface area (Å²) in [6, 6.07) is 11.9. The van der Waals surface area contributed by atoms with E-state index in [0.717, 1.165) is 18.9 Å². The molecule has 0 spiro atoms. The van der Waals surface area contributed by atoms with Crippen molar-refractivity contribution in [1.29, 1.82) is 0 Å². The average Bonchev–Trinajstić information content (AvgIpc) is 2.82. The highest BCUT2D eigenvalue weighted by atomic mass is 32.2. The van der Waals surface area contributed by atoms with Crippen molar-refractivity contribution in [2.45, 2.75) is 23.8 Å². The molecule has 2 aromatic carbocycles. The molecule has 2 aromatic rings. The molecule has 0 bridgehead atoms. The quantitative estimate of drug-likeness (QED) is 0.911. The molecule has 21 heavy (non-hydrogen) atoms. The summed E-state index contributed by atoms with van der Waals surface area (Å²) in [4.78, 5) is -0.222. The molecule has 0 unspecified atom stereocenters. The molecular formula is C15H15FN2O2S. The van der Waals surface area contributed by atoms with Gasteiger partial charge in [0.1, 0.15) is 5.82 Å². The first-order chi connectivity index (χ1) is 9.93. The Morgan fingerprint density at radius 3 is 2.24 bits per heavy atom. The third-order valence-corrected chi connectivity index (χ3v) is 4.59. The maximum atomic E-state index is 14.0. The number of benzene rings is 2. The Labute approximate surface area is 122 Å². The van der Waals surface area contributed by atoms with Crippen LogP contribution < -0.4 is 10.5 Å². The zero-order valence-electron chi connectivity index (χ0n) is 11.2. The maximum Gasteiger partial charge on any atom is 0.238 e. The van der Waals surface area contributed by atoms with E-state index in [4.69, 9.17) is 5.14 Å². The van der Waals surface area contributed by atoms with Gasteiger partial charge in [0, 0.05) is 6.04 Å². The smallest absolute Gasteiger partial charge is 0.238 e. The number of anilines is 1. The minimum Gasteiger partial charge on any atom is -0.379 e. The highest BCUT2D eigenvalue weighted by Gasteiger charge is 2.22. The van der Waals surface area contributed by atoms with E-state index in [0.29, 0.717) is 5.69 Å². The van der Waals surface area contributed by atoms with Crippen molar-refractivity contribution in [3.63, 3.8) is 0 Å². The number of rotatable bonds is 3. The lowest BCUT2D eigenvalue weighted by molar-refractivity contribution is 0.592. The van der Waals surface area contributed by atoms with Crippen LogP contribution in [0, 0.1) is 5.82 Å². The Hall–Kier alpha value is -1.92. The van der Waals surface area contributed by atoms with Gasteiger partial charge in [-0.1, -0.05) is 24.3 Å². The van der Waals surface area contributed by atoms with E-state index in [1.807, 2.05) is 12.1 Å². The lowest BCUT2D eigenvalue weighted by atomic mass is 10.1. The minimum absolute atomic E-state index is 0.109. The van der Waals surface area contributed by atoms with Crippen LogP contribution in [0.2, 0.25) is 0 Å².